The van der Waals surface area contributed by atoms with E-state index in [-0.39, 0.29) is 6.54 Å². The van der Waals surface area contributed by atoms with Crippen LogP contribution in [0.1, 0.15) is 12.1 Å². The molecule has 1 heterocycles. The van der Waals surface area contributed by atoms with Gasteiger partial charge in [-0.15, -0.1) is 0 Å². The molecule has 0 aromatic carbocycles. The molecule has 0 spiro atoms. The molecule has 0 unspecified atom stereocenters. The van der Waals surface area contributed by atoms with E-state index < -0.39 is 12.6 Å². The van der Waals surface area contributed by atoms with Crippen LogP contribution in [0, 0.1) is 0 Å². The Morgan fingerprint density at radius 1 is 1.28 bits per heavy atom. The number of pyridine rings is 1. The Labute approximate surface area is 105 Å². The molecule has 1 aromatic heterocycles. The van der Waals surface area contributed by atoms with Crippen molar-refractivity contribution in [2.24, 2.45) is 0 Å². The second-order valence-corrected chi connectivity index (χ2v) is 4.17. The van der Waals surface area contributed by atoms with Gasteiger partial charge in [-0.2, -0.15) is 13.2 Å². The van der Waals surface area contributed by atoms with E-state index in [1.807, 2.05) is 18.2 Å². The Morgan fingerprint density at radius 3 is 2.67 bits per heavy atom. The summed E-state index contributed by atoms with van der Waals surface area (Å²) < 4.78 is 35.9. The van der Waals surface area contributed by atoms with Crippen LogP contribution in [-0.4, -0.2) is 42.7 Å². The van der Waals surface area contributed by atoms with E-state index >= 15 is 0 Å². The predicted molar refractivity (Wildman–Crippen MR) is 64.1 cm³/mol. The maximum absolute atomic E-state index is 12.0. The number of nitrogens with one attached hydrogen (secondary N) is 1. The van der Waals surface area contributed by atoms with Crippen molar-refractivity contribution in [1.82, 2.24) is 15.2 Å². The van der Waals surface area contributed by atoms with E-state index in [1.165, 1.54) is 0 Å². The van der Waals surface area contributed by atoms with Gasteiger partial charge in [0.2, 0.25) is 0 Å². The Hall–Kier alpha value is -1.14. The van der Waals surface area contributed by atoms with Gasteiger partial charge >= 0.3 is 6.18 Å². The molecule has 1 N–H and O–H groups in total. The lowest BCUT2D eigenvalue weighted by Gasteiger charge is -2.17. The number of hydrogen-bond acceptors (Lipinski definition) is 3. The molecule has 0 radical (unpaired) electrons. The van der Waals surface area contributed by atoms with Crippen molar-refractivity contribution in [3.05, 3.63) is 30.1 Å². The van der Waals surface area contributed by atoms with Gasteiger partial charge in [-0.25, -0.2) is 0 Å². The number of halogens is 3. The summed E-state index contributed by atoms with van der Waals surface area (Å²) in [5, 5.41) is 3.14. The zero-order valence-corrected chi connectivity index (χ0v) is 10.4. The molecule has 102 valence electrons. The van der Waals surface area contributed by atoms with E-state index in [0.29, 0.717) is 19.6 Å². The lowest BCUT2D eigenvalue weighted by Crippen LogP contribution is -2.31. The first kappa shape index (κ1) is 14.9. The second kappa shape index (κ2) is 7.33. The molecule has 0 saturated carbocycles. The molecule has 0 amide bonds. The molecule has 0 aliphatic carbocycles. The molecule has 6 heteroatoms. The summed E-state index contributed by atoms with van der Waals surface area (Å²) >= 11 is 0. The number of likely N-dealkylation sites (N-methyl/N-ethyl adjacent to an activating group) is 1. The number of nitrogens with zero attached hydrogens (tertiary/aromatic N) is 2. The van der Waals surface area contributed by atoms with Crippen molar-refractivity contribution in [1.29, 1.82) is 0 Å². The van der Waals surface area contributed by atoms with Gasteiger partial charge in [0.15, 0.2) is 0 Å². The van der Waals surface area contributed by atoms with Gasteiger partial charge in [0.25, 0.3) is 0 Å². The van der Waals surface area contributed by atoms with Crippen molar-refractivity contribution in [2.45, 2.75) is 19.1 Å². The van der Waals surface area contributed by atoms with Gasteiger partial charge in [-0.1, -0.05) is 6.07 Å². The van der Waals surface area contributed by atoms with Crippen LogP contribution >= 0.6 is 0 Å². The number of rotatable bonds is 7. The first-order valence-electron chi connectivity index (χ1n) is 5.83. The maximum atomic E-state index is 12.0. The third kappa shape index (κ3) is 7.24. The lowest BCUT2D eigenvalue weighted by atomic mass is 10.3. The molecule has 0 bridgehead atoms. The van der Waals surface area contributed by atoms with Crippen LogP contribution in [0.15, 0.2) is 24.4 Å². The quantitative estimate of drug-likeness (QED) is 0.761. The summed E-state index contributed by atoms with van der Waals surface area (Å²) in [5.74, 6) is 0. The van der Waals surface area contributed by atoms with Gasteiger partial charge in [0.05, 0.1) is 12.1 Å². The summed E-state index contributed by atoms with van der Waals surface area (Å²) in [5.41, 5.74) is 0.926. The average molecular weight is 261 g/mol. The van der Waals surface area contributed by atoms with Gasteiger partial charge in [0, 0.05) is 32.4 Å². The van der Waals surface area contributed by atoms with Crippen LogP contribution in [0.5, 0.6) is 0 Å². The van der Waals surface area contributed by atoms with Gasteiger partial charge in [-0.05, 0) is 19.2 Å². The third-order valence-electron chi connectivity index (χ3n) is 2.48. The average Bonchev–Trinajstić information content (AvgIpc) is 2.33. The van der Waals surface area contributed by atoms with Crippen LogP contribution in [0.2, 0.25) is 0 Å². The van der Waals surface area contributed by atoms with Gasteiger partial charge in [0.1, 0.15) is 0 Å². The molecular formula is C12H18F3N3. The van der Waals surface area contributed by atoms with Crippen LogP contribution < -0.4 is 5.32 Å². The Morgan fingerprint density at radius 2 is 2.06 bits per heavy atom. The van der Waals surface area contributed by atoms with Crippen molar-refractivity contribution in [2.75, 3.05) is 26.7 Å². The molecule has 0 aliphatic rings. The van der Waals surface area contributed by atoms with Crippen LogP contribution in [0.4, 0.5) is 13.2 Å². The van der Waals surface area contributed by atoms with Gasteiger partial charge < -0.3 is 10.2 Å². The highest BCUT2D eigenvalue weighted by atomic mass is 19.4. The largest absolute Gasteiger partial charge is 0.390 e. The molecule has 0 saturated heterocycles. The van der Waals surface area contributed by atoms with Crippen LogP contribution in [-0.2, 0) is 6.54 Å². The maximum Gasteiger partial charge on any atom is 0.390 e. The standard InChI is InChI=1S/C12H18F3N3/c1-18(8-5-12(13,14)15)9-7-16-10-11-4-2-3-6-17-11/h2-4,6,16H,5,7-10H2,1H3. The van der Waals surface area contributed by atoms with Crippen LogP contribution in [0.3, 0.4) is 0 Å². The zero-order valence-electron chi connectivity index (χ0n) is 10.4. The molecule has 18 heavy (non-hydrogen) atoms. The SMILES string of the molecule is CN(CCNCc1ccccn1)CCC(F)(F)F. The fourth-order valence-corrected chi connectivity index (χ4v) is 1.42. The minimum Gasteiger partial charge on any atom is -0.310 e. The third-order valence-corrected chi connectivity index (χ3v) is 2.48. The van der Waals surface area contributed by atoms with E-state index in [0.717, 1.165) is 5.69 Å². The van der Waals surface area contributed by atoms with Crippen molar-refractivity contribution in [3.63, 3.8) is 0 Å². The van der Waals surface area contributed by atoms with E-state index in [9.17, 15) is 13.2 Å². The summed E-state index contributed by atoms with van der Waals surface area (Å²) in [7, 11) is 1.69. The summed E-state index contributed by atoms with van der Waals surface area (Å²) in [6, 6.07) is 5.65. The van der Waals surface area contributed by atoms with Crippen molar-refractivity contribution < 1.29 is 13.2 Å². The van der Waals surface area contributed by atoms with E-state index in [1.54, 1.807) is 18.1 Å². The van der Waals surface area contributed by atoms with Crippen LogP contribution in [0.25, 0.3) is 0 Å². The second-order valence-electron chi connectivity index (χ2n) is 4.17. The topological polar surface area (TPSA) is 28.2 Å². The number of hydrogen-bond donors (Lipinski definition) is 1. The molecule has 1 rings (SSSR count). The fourth-order valence-electron chi connectivity index (χ4n) is 1.42. The molecule has 0 aliphatic heterocycles. The van der Waals surface area contributed by atoms with E-state index in [4.69, 9.17) is 0 Å². The minimum absolute atomic E-state index is 0.0365. The van der Waals surface area contributed by atoms with E-state index in [2.05, 4.69) is 10.3 Å². The summed E-state index contributed by atoms with van der Waals surface area (Å²) in [6.07, 6.45) is -3.12. The Balaban J connectivity index is 2.07. The lowest BCUT2D eigenvalue weighted by molar-refractivity contribution is -0.137. The minimum atomic E-state index is -4.07. The van der Waals surface area contributed by atoms with Gasteiger partial charge in [-0.3, -0.25) is 4.98 Å². The van der Waals surface area contributed by atoms with Crippen molar-refractivity contribution >= 4 is 0 Å². The highest BCUT2D eigenvalue weighted by molar-refractivity contribution is 5.02. The zero-order chi connectivity index (χ0) is 13.4. The molecule has 3 nitrogen and oxygen atoms in total. The highest BCUT2D eigenvalue weighted by Gasteiger charge is 2.26. The molecule has 0 fully saturated rings. The normalized spacial score (nSPS) is 12.1. The smallest absolute Gasteiger partial charge is 0.310 e. The molecular weight excluding hydrogens is 243 g/mol. The fraction of sp³-hybridized carbons (Fsp3) is 0.583. The Bertz CT molecular complexity index is 327. The summed E-state index contributed by atoms with van der Waals surface area (Å²) in [6.45, 7) is 1.90. The first-order valence-corrected chi connectivity index (χ1v) is 5.83. The number of aromatic nitrogens is 1. The first-order chi connectivity index (χ1) is 8.47. The monoisotopic (exact) mass is 261 g/mol. The number of alkyl halides is 3. The Kier molecular flexibility index (Phi) is 6.07. The molecule has 1 aromatic rings. The summed E-state index contributed by atoms with van der Waals surface area (Å²) in [4.78, 5) is 5.80. The van der Waals surface area contributed by atoms with Crippen molar-refractivity contribution in [3.8, 4) is 0 Å². The predicted octanol–water partition coefficient (Wildman–Crippen LogP) is 2.06. The molecule has 0 atom stereocenters. The highest BCUT2D eigenvalue weighted by Crippen LogP contribution is 2.19.